The Bertz CT molecular complexity index is 734. The maximum absolute atomic E-state index is 12.5. The molecule has 0 spiro atoms. The van der Waals surface area contributed by atoms with E-state index in [4.69, 9.17) is 16.7 Å². The van der Waals surface area contributed by atoms with Crippen LogP contribution in [0.1, 0.15) is 32.6 Å². The van der Waals surface area contributed by atoms with Crippen molar-refractivity contribution in [1.29, 1.82) is 0 Å². The molecule has 2 N–H and O–H groups in total. The number of carboxylic acid groups (broad SMARTS) is 1. The monoisotopic (exact) mass is 400 g/mol. The molecule has 144 valence electrons. The molecule has 0 saturated carbocycles. The fourth-order valence-corrected chi connectivity index (χ4v) is 4.47. The van der Waals surface area contributed by atoms with Crippen LogP contribution in [0.15, 0.2) is 41.3 Å². The van der Waals surface area contributed by atoms with E-state index in [2.05, 4.69) is 15.7 Å². The molecule has 1 saturated heterocycles. The fraction of sp³-hybridized carbons (Fsp3) is 0.500. The second kappa shape index (κ2) is 9.50. The molecule has 1 aromatic rings. The van der Waals surface area contributed by atoms with Gasteiger partial charge >= 0.3 is 5.97 Å². The number of allylic oxidation sites excluding steroid dienone is 1. The summed E-state index contributed by atoms with van der Waals surface area (Å²) in [5, 5.41) is 9.15. The highest BCUT2D eigenvalue weighted by Gasteiger charge is 2.32. The lowest BCUT2D eigenvalue weighted by molar-refractivity contribution is -0.137. The second-order valence-electron chi connectivity index (χ2n) is 6.38. The van der Waals surface area contributed by atoms with Crippen molar-refractivity contribution in [2.75, 3.05) is 13.1 Å². The van der Waals surface area contributed by atoms with E-state index < -0.39 is 16.0 Å². The minimum Gasteiger partial charge on any atom is -0.481 e. The Kier molecular flexibility index (Phi) is 7.64. The average molecular weight is 401 g/mol. The molecule has 0 unspecified atom stereocenters. The molecule has 2 atom stereocenters. The van der Waals surface area contributed by atoms with Gasteiger partial charge < -0.3 is 5.11 Å². The van der Waals surface area contributed by atoms with Gasteiger partial charge in [0.05, 0.1) is 4.90 Å². The van der Waals surface area contributed by atoms with Gasteiger partial charge in [-0.05, 0) is 50.1 Å². The summed E-state index contributed by atoms with van der Waals surface area (Å²) in [4.78, 5) is 12.9. The zero-order valence-corrected chi connectivity index (χ0v) is 16.3. The first-order chi connectivity index (χ1) is 12.3. The van der Waals surface area contributed by atoms with Crippen molar-refractivity contribution in [1.82, 2.24) is 9.62 Å². The van der Waals surface area contributed by atoms with E-state index in [9.17, 15) is 13.2 Å². The average Bonchev–Trinajstić information content (AvgIpc) is 2.95. The van der Waals surface area contributed by atoms with Gasteiger partial charge in [-0.2, -0.15) is 0 Å². The van der Waals surface area contributed by atoms with Crippen molar-refractivity contribution >= 4 is 27.6 Å². The standard InChI is InChI=1S/C18H25ClN2O4S/c1-2-21-13-15(12-16(21)6-4-3-5-7-18(22)23)20-26(24,25)17-10-8-14(19)9-11-17/h4,6,8-11,15-16,20H,2-3,5,7,12-13H2,1H3,(H,22,23)/b6-4-/t15-,16-/m1/s1. The zero-order valence-electron chi connectivity index (χ0n) is 14.8. The first-order valence-electron chi connectivity index (χ1n) is 8.72. The number of nitrogens with one attached hydrogen (secondary N) is 1. The van der Waals surface area contributed by atoms with Crippen LogP contribution in [-0.2, 0) is 14.8 Å². The topological polar surface area (TPSA) is 86.7 Å². The summed E-state index contributed by atoms with van der Waals surface area (Å²) in [6.45, 7) is 3.51. The Morgan fingerprint density at radius 2 is 2.08 bits per heavy atom. The first-order valence-corrected chi connectivity index (χ1v) is 10.6. The molecule has 0 radical (unpaired) electrons. The molecule has 1 fully saturated rings. The van der Waals surface area contributed by atoms with Crippen LogP contribution in [0.3, 0.4) is 0 Å². The number of rotatable bonds is 9. The largest absolute Gasteiger partial charge is 0.481 e. The fourth-order valence-electron chi connectivity index (χ4n) is 3.11. The van der Waals surface area contributed by atoms with Crippen LogP contribution < -0.4 is 4.72 Å². The van der Waals surface area contributed by atoms with Crippen LogP contribution >= 0.6 is 11.6 Å². The van der Waals surface area contributed by atoms with Crippen LogP contribution in [0.25, 0.3) is 0 Å². The number of benzene rings is 1. The van der Waals surface area contributed by atoms with Crippen molar-refractivity contribution in [2.45, 2.75) is 49.6 Å². The number of likely N-dealkylation sites (N-methyl/N-ethyl adjacent to an activating group) is 1. The highest BCUT2D eigenvalue weighted by atomic mass is 35.5. The lowest BCUT2D eigenvalue weighted by Gasteiger charge is -2.19. The third-order valence-corrected chi connectivity index (χ3v) is 6.21. The quantitative estimate of drug-likeness (QED) is 0.491. The zero-order chi connectivity index (χ0) is 19.2. The van der Waals surface area contributed by atoms with Crippen molar-refractivity contribution in [3.05, 3.63) is 41.4 Å². The molecule has 1 heterocycles. The molecule has 1 aliphatic heterocycles. The van der Waals surface area contributed by atoms with E-state index in [0.29, 0.717) is 30.8 Å². The number of aliphatic carboxylic acids is 1. The molecule has 6 nitrogen and oxygen atoms in total. The van der Waals surface area contributed by atoms with Gasteiger partial charge in [-0.3, -0.25) is 9.69 Å². The highest BCUT2D eigenvalue weighted by molar-refractivity contribution is 7.89. The van der Waals surface area contributed by atoms with E-state index in [1.54, 1.807) is 12.1 Å². The summed E-state index contributed by atoms with van der Waals surface area (Å²) in [6, 6.07) is 6.11. The van der Waals surface area contributed by atoms with Gasteiger partial charge in [0.25, 0.3) is 0 Å². The minimum absolute atomic E-state index is 0.155. The van der Waals surface area contributed by atoms with Gasteiger partial charge in [-0.1, -0.05) is 30.7 Å². The first kappa shape index (κ1) is 20.9. The Balaban J connectivity index is 1.94. The number of carbonyl (C=O) groups is 1. The van der Waals surface area contributed by atoms with Gasteiger partial charge in [-0.25, -0.2) is 13.1 Å². The maximum atomic E-state index is 12.5. The Morgan fingerprint density at radius 1 is 1.38 bits per heavy atom. The molecule has 0 aromatic heterocycles. The Labute approximate surface area is 159 Å². The number of hydrogen-bond donors (Lipinski definition) is 2. The molecule has 2 rings (SSSR count). The molecule has 0 aliphatic carbocycles. The third-order valence-electron chi connectivity index (χ3n) is 4.42. The maximum Gasteiger partial charge on any atom is 0.303 e. The van der Waals surface area contributed by atoms with Crippen LogP contribution in [0.5, 0.6) is 0 Å². The number of hydrogen-bond acceptors (Lipinski definition) is 4. The third kappa shape index (κ3) is 6.09. The predicted octanol–water partition coefficient (Wildman–Crippen LogP) is 2.89. The molecule has 0 amide bonds. The summed E-state index contributed by atoms with van der Waals surface area (Å²) >= 11 is 5.82. The molecule has 8 heteroatoms. The van der Waals surface area contributed by atoms with Crippen molar-refractivity contribution in [3.8, 4) is 0 Å². The normalized spacial score (nSPS) is 21.5. The summed E-state index contributed by atoms with van der Waals surface area (Å²) in [7, 11) is -3.58. The Hall–Kier alpha value is -1.41. The highest BCUT2D eigenvalue weighted by Crippen LogP contribution is 2.22. The Morgan fingerprint density at radius 3 is 2.69 bits per heavy atom. The smallest absolute Gasteiger partial charge is 0.303 e. The lowest BCUT2D eigenvalue weighted by Crippen LogP contribution is -2.37. The summed E-state index contributed by atoms with van der Waals surface area (Å²) in [5.41, 5.74) is 0. The van der Waals surface area contributed by atoms with Crippen LogP contribution in [0.4, 0.5) is 0 Å². The van der Waals surface area contributed by atoms with Gasteiger partial charge in [0.1, 0.15) is 0 Å². The SMILES string of the molecule is CCN1C[C@H](NS(=O)(=O)c2ccc(Cl)cc2)C[C@H]1/C=C\CCCC(=O)O. The summed E-state index contributed by atoms with van der Waals surface area (Å²) in [5.74, 6) is -0.786. The van der Waals surface area contributed by atoms with E-state index >= 15 is 0 Å². The van der Waals surface area contributed by atoms with Gasteiger partial charge in [0, 0.05) is 30.1 Å². The van der Waals surface area contributed by atoms with Crippen molar-refractivity contribution in [2.24, 2.45) is 0 Å². The van der Waals surface area contributed by atoms with Gasteiger partial charge in [-0.15, -0.1) is 0 Å². The van der Waals surface area contributed by atoms with E-state index in [-0.39, 0.29) is 23.4 Å². The molecule has 26 heavy (non-hydrogen) atoms. The molecular weight excluding hydrogens is 376 g/mol. The number of likely N-dealkylation sites (tertiary alicyclic amines) is 1. The minimum atomic E-state index is -3.58. The van der Waals surface area contributed by atoms with Crippen molar-refractivity contribution < 1.29 is 18.3 Å². The van der Waals surface area contributed by atoms with E-state index in [0.717, 1.165) is 6.54 Å². The molecule has 0 bridgehead atoms. The molecule has 1 aliphatic rings. The molecular formula is C18H25ClN2O4S. The van der Waals surface area contributed by atoms with E-state index in [1.165, 1.54) is 12.1 Å². The summed E-state index contributed by atoms with van der Waals surface area (Å²) in [6.07, 6.45) is 6.22. The number of halogens is 1. The molecule has 1 aromatic carbocycles. The van der Waals surface area contributed by atoms with E-state index in [1.807, 2.05) is 13.0 Å². The number of nitrogens with zero attached hydrogens (tertiary/aromatic N) is 1. The number of carboxylic acids is 1. The predicted molar refractivity (Wildman–Crippen MR) is 102 cm³/mol. The van der Waals surface area contributed by atoms with Gasteiger partial charge in [0.15, 0.2) is 0 Å². The second-order valence-corrected chi connectivity index (χ2v) is 8.53. The van der Waals surface area contributed by atoms with Crippen LogP contribution in [-0.4, -0.2) is 49.6 Å². The van der Waals surface area contributed by atoms with Gasteiger partial charge in [0.2, 0.25) is 10.0 Å². The van der Waals surface area contributed by atoms with Crippen LogP contribution in [0, 0.1) is 0 Å². The number of sulfonamides is 1. The summed E-state index contributed by atoms with van der Waals surface area (Å²) < 4.78 is 27.8. The van der Waals surface area contributed by atoms with Crippen LogP contribution in [0.2, 0.25) is 5.02 Å². The van der Waals surface area contributed by atoms with Crippen molar-refractivity contribution in [3.63, 3.8) is 0 Å². The lowest BCUT2D eigenvalue weighted by atomic mass is 10.1. The number of unbranched alkanes of at least 4 members (excludes halogenated alkanes) is 1.